The first-order valence-corrected chi connectivity index (χ1v) is 7.82. The van der Waals surface area contributed by atoms with Crippen molar-refractivity contribution in [1.29, 1.82) is 0 Å². The largest absolute Gasteiger partial charge is 0.493 e. The Morgan fingerprint density at radius 1 is 1.20 bits per heavy atom. The van der Waals surface area contributed by atoms with E-state index in [1.54, 1.807) is 0 Å². The van der Waals surface area contributed by atoms with Gasteiger partial charge in [0.05, 0.1) is 19.3 Å². The SMILES string of the molecule is CC1CCCC(OCCCOc2ccccc2CN)C1. The number of benzene rings is 1. The van der Waals surface area contributed by atoms with Crippen molar-refractivity contribution < 1.29 is 9.47 Å². The summed E-state index contributed by atoms with van der Waals surface area (Å²) in [5.74, 6) is 1.72. The molecule has 3 nitrogen and oxygen atoms in total. The minimum Gasteiger partial charge on any atom is -0.493 e. The second kappa shape index (κ2) is 8.28. The summed E-state index contributed by atoms with van der Waals surface area (Å²) in [7, 11) is 0. The van der Waals surface area contributed by atoms with Crippen LogP contribution >= 0.6 is 0 Å². The molecule has 2 unspecified atom stereocenters. The van der Waals surface area contributed by atoms with Crippen LogP contribution < -0.4 is 10.5 Å². The molecule has 1 aromatic rings. The molecule has 1 aromatic carbocycles. The van der Waals surface area contributed by atoms with Gasteiger partial charge in [-0.3, -0.25) is 0 Å². The zero-order valence-corrected chi connectivity index (χ0v) is 12.5. The van der Waals surface area contributed by atoms with E-state index in [2.05, 4.69) is 6.92 Å². The molecule has 0 aromatic heterocycles. The standard InChI is InChI=1S/C17H27NO2/c1-14-6-4-8-16(12-14)19-10-5-11-20-17-9-3-2-7-15(17)13-18/h2-3,7,9,14,16H,4-6,8,10-13,18H2,1H3. The second-order valence-corrected chi connectivity index (χ2v) is 5.78. The molecule has 2 atom stereocenters. The van der Waals surface area contributed by atoms with Gasteiger partial charge in [0.2, 0.25) is 0 Å². The number of hydrogen-bond acceptors (Lipinski definition) is 3. The Bertz CT molecular complexity index is 394. The van der Waals surface area contributed by atoms with Crippen LogP contribution in [0.25, 0.3) is 0 Å². The van der Waals surface area contributed by atoms with Crippen molar-refractivity contribution in [3.05, 3.63) is 29.8 Å². The van der Waals surface area contributed by atoms with Gasteiger partial charge >= 0.3 is 0 Å². The first kappa shape index (κ1) is 15.3. The van der Waals surface area contributed by atoms with Gasteiger partial charge in [-0.25, -0.2) is 0 Å². The Morgan fingerprint density at radius 3 is 2.85 bits per heavy atom. The normalized spacial score (nSPS) is 22.7. The molecule has 0 heterocycles. The Balaban J connectivity index is 1.61. The Kier molecular flexibility index (Phi) is 6.34. The molecule has 0 bridgehead atoms. The average molecular weight is 277 g/mol. The van der Waals surface area contributed by atoms with Crippen LogP contribution in [-0.4, -0.2) is 19.3 Å². The van der Waals surface area contributed by atoms with Crippen molar-refractivity contribution in [1.82, 2.24) is 0 Å². The van der Waals surface area contributed by atoms with E-state index >= 15 is 0 Å². The van der Waals surface area contributed by atoms with Gasteiger partial charge in [0, 0.05) is 18.5 Å². The molecule has 0 spiro atoms. The lowest BCUT2D eigenvalue weighted by atomic mass is 9.89. The van der Waals surface area contributed by atoms with Gasteiger partial charge in [-0.15, -0.1) is 0 Å². The van der Waals surface area contributed by atoms with Crippen molar-refractivity contribution in [2.24, 2.45) is 11.7 Å². The third-order valence-electron chi connectivity index (χ3n) is 3.98. The topological polar surface area (TPSA) is 44.5 Å². The highest BCUT2D eigenvalue weighted by Crippen LogP contribution is 2.25. The molecule has 0 aliphatic heterocycles. The van der Waals surface area contributed by atoms with E-state index in [1.807, 2.05) is 24.3 Å². The number of para-hydroxylation sites is 1. The Morgan fingerprint density at radius 2 is 2.05 bits per heavy atom. The molecule has 2 N–H and O–H groups in total. The smallest absolute Gasteiger partial charge is 0.123 e. The van der Waals surface area contributed by atoms with Crippen molar-refractivity contribution >= 4 is 0 Å². The number of hydrogen-bond donors (Lipinski definition) is 1. The second-order valence-electron chi connectivity index (χ2n) is 5.78. The Labute approximate surface area is 122 Å². The van der Waals surface area contributed by atoms with E-state index in [0.717, 1.165) is 30.3 Å². The highest BCUT2D eigenvalue weighted by Gasteiger charge is 2.18. The molecular formula is C17H27NO2. The predicted molar refractivity (Wildman–Crippen MR) is 81.8 cm³/mol. The van der Waals surface area contributed by atoms with Crippen LogP contribution in [0.3, 0.4) is 0 Å². The van der Waals surface area contributed by atoms with E-state index in [9.17, 15) is 0 Å². The van der Waals surface area contributed by atoms with E-state index in [4.69, 9.17) is 15.2 Å². The maximum absolute atomic E-state index is 5.94. The maximum Gasteiger partial charge on any atom is 0.123 e. The minimum absolute atomic E-state index is 0.468. The van der Waals surface area contributed by atoms with Crippen LogP contribution in [-0.2, 0) is 11.3 Å². The summed E-state index contributed by atoms with van der Waals surface area (Å²) in [6, 6.07) is 7.96. The number of nitrogens with two attached hydrogens (primary N) is 1. The molecule has 0 amide bonds. The lowest BCUT2D eigenvalue weighted by Gasteiger charge is -2.26. The fourth-order valence-corrected chi connectivity index (χ4v) is 2.83. The highest BCUT2D eigenvalue weighted by molar-refractivity contribution is 5.32. The van der Waals surface area contributed by atoms with Gasteiger partial charge in [0.25, 0.3) is 0 Å². The van der Waals surface area contributed by atoms with Crippen LogP contribution in [0.2, 0.25) is 0 Å². The first-order valence-electron chi connectivity index (χ1n) is 7.82. The van der Waals surface area contributed by atoms with Gasteiger partial charge in [-0.2, -0.15) is 0 Å². The summed E-state index contributed by atoms with van der Waals surface area (Å²) in [6.07, 6.45) is 6.52. The monoisotopic (exact) mass is 277 g/mol. The zero-order chi connectivity index (χ0) is 14.2. The van der Waals surface area contributed by atoms with Gasteiger partial charge < -0.3 is 15.2 Å². The lowest BCUT2D eigenvalue weighted by molar-refractivity contribution is 0.0105. The molecule has 1 aliphatic carbocycles. The minimum atomic E-state index is 0.468. The molecule has 1 saturated carbocycles. The van der Waals surface area contributed by atoms with Crippen LogP contribution in [0.15, 0.2) is 24.3 Å². The maximum atomic E-state index is 5.94. The van der Waals surface area contributed by atoms with Gasteiger partial charge in [0.1, 0.15) is 5.75 Å². The van der Waals surface area contributed by atoms with Crippen molar-refractivity contribution in [2.75, 3.05) is 13.2 Å². The van der Waals surface area contributed by atoms with Crippen LogP contribution in [0.4, 0.5) is 0 Å². The van der Waals surface area contributed by atoms with Crippen LogP contribution in [0, 0.1) is 5.92 Å². The quantitative estimate of drug-likeness (QED) is 0.776. The zero-order valence-electron chi connectivity index (χ0n) is 12.5. The number of ether oxygens (including phenoxy) is 2. The Hall–Kier alpha value is -1.06. The molecular weight excluding hydrogens is 250 g/mol. The summed E-state index contributed by atoms with van der Waals surface area (Å²) in [5, 5.41) is 0. The summed E-state index contributed by atoms with van der Waals surface area (Å²) >= 11 is 0. The molecule has 0 radical (unpaired) electrons. The van der Waals surface area contributed by atoms with E-state index < -0.39 is 0 Å². The van der Waals surface area contributed by atoms with Gasteiger partial charge in [-0.1, -0.05) is 38.0 Å². The molecule has 1 aliphatic rings. The van der Waals surface area contributed by atoms with E-state index in [0.29, 0.717) is 19.3 Å². The van der Waals surface area contributed by atoms with Crippen molar-refractivity contribution in [3.8, 4) is 5.75 Å². The summed E-state index contributed by atoms with van der Waals surface area (Å²) in [4.78, 5) is 0. The average Bonchev–Trinajstić information content (AvgIpc) is 2.47. The van der Waals surface area contributed by atoms with E-state index in [-0.39, 0.29) is 0 Å². The summed E-state index contributed by atoms with van der Waals surface area (Å²) in [5.41, 5.74) is 6.75. The van der Waals surface area contributed by atoms with Crippen molar-refractivity contribution in [2.45, 2.75) is 51.7 Å². The summed E-state index contributed by atoms with van der Waals surface area (Å²) < 4.78 is 11.7. The molecule has 2 rings (SSSR count). The van der Waals surface area contributed by atoms with Crippen LogP contribution in [0.1, 0.15) is 44.6 Å². The molecule has 0 saturated heterocycles. The predicted octanol–water partition coefficient (Wildman–Crippen LogP) is 3.51. The van der Waals surface area contributed by atoms with Gasteiger partial charge in [0.15, 0.2) is 0 Å². The fourth-order valence-electron chi connectivity index (χ4n) is 2.83. The lowest BCUT2D eigenvalue weighted by Crippen LogP contribution is -2.22. The molecule has 112 valence electrons. The van der Waals surface area contributed by atoms with Crippen LogP contribution in [0.5, 0.6) is 5.75 Å². The first-order chi connectivity index (χ1) is 9.79. The molecule has 20 heavy (non-hydrogen) atoms. The van der Waals surface area contributed by atoms with E-state index in [1.165, 1.54) is 25.7 Å². The third-order valence-corrected chi connectivity index (χ3v) is 3.98. The molecule has 3 heteroatoms. The van der Waals surface area contributed by atoms with Crippen molar-refractivity contribution in [3.63, 3.8) is 0 Å². The molecule has 1 fully saturated rings. The van der Waals surface area contributed by atoms with Gasteiger partial charge in [-0.05, 0) is 24.8 Å². The third kappa shape index (κ3) is 4.80. The fraction of sp³-hybridized carbons (Fsp3) is 0.647. The highest BCUT2D eigenvalue weighted by atomic mass is 16.5. The summed E-state index contributed by atoms with van der Waals surface area (Å²) in [6.45, 7) is 4.33. The number of rotatable bonds is 7.